The van der Waals surface area contributed by atoms with E-state index in [1.54, 1.807) is 36.2 Å². The minimum Gasteiger partial charge on any atom is -0.497 e. The van der Waals surface area contributed by atoms with Crippen molar-refractivity contribution in [2.24, 2.45) is 0 Å². The minimum atomic E-state index is -4.59. The molecule has 3 rings (SSSR count). The third-order valence-corrected chi connectivity index (χ3v) is 4.12. The Hall–Kier alpha value is -3.29. The van der Waals surface area contributed by atoms with E-state index < -0.39 is 11.7 Å². The van der Waals surface area contributed by atoms with Crippen LogP contribution in [0.15, 0.2) is 54.7 Å². The fourth-order valence-electron chi connectivity index (χ4n) is 2.60. The first-order valence-electron chi connectivity index (χ1n) is 8.43. The summed E-state index contributed by atoms with van der Waals surface area (Å²) in [5.41, 5.74) is 1.31. The molecule has 0 unspecified atom stereocenters. The molecule has 8 heteroatoms. The molecule has 0 saturated carbocycles. The van der Waals surface area contributed by atoms with Gasteiger partial charge in [-0.3, -0.25) is 0 Å². The molecule has 3 aromatic rings. The van der Waals surface area contributed by atoms with Gasteiger partial charge >= 0.3 is 6.18 Å². The molecule has 0 fully saturated rings. The van der Waals surface area contributed by atoms with E-state index in [1.165, 1.54) is 7.11 Å². The van der Waals surface area contributed by atoms with Crippen LogP contribution in [0.1, 0.15) is 11.1 Å². The largest absolute Gasteiger partial charge is 0.497 e. The summed E-state index contributed by atoms with van der Waals surface area (Å²) in [6, 6.07) is 14.1. The van der Waals surface area contributed by atoms with E-state index in [-0.39, 0.29) is 11.8 Å². The zero-order valence-electron chi connectivity index (χ0n) is 15.6. The normalized spacial score (nSPS) is 11.2. The molecule has 1 N–H and O–H groups in total. The van der Waals surface area contributed by atoms with Gasteiger partial charge in [0.15, 0.2) is 0 Å². The Morgan fingerprint density at radius 3 is 2.39 bits per heavy atom. The van der Waals surface area contributed by atoms with Gasteiger partial charge in [0, 0.05) is 24.6 Å². The number of halogens is 3. The lowest BCUT2D eigenvalue weighted by Crippen LogP contribution is -2.17. The molecule has 0 saturated heterocycles. The van der Waals surface area contributed by atoms with Crippen molar-refractivity contribution in [2.75, 3.05) is 24.4 Å². The standard InChI is InChI=1S/C20H19F3N4O/c1-13-5-4-6-15(11-13)27(2)19-24-12-17(20(21,22)23)18(26-19)25-14-7-9-16(28-3)10-8-14/h4-12H,1-3H3,(H,24,25,26). The molecule has 1 aromatic heterocycles. The first-order chi connectivity index (χ1) is 13.3. The van der Waals surface area contributed by atoms with Gasteiger partial charge in [0.1, 0.15) is 17.1 Å². The number of nitrogens with zero attached hydrogens (tertiary/aromatic N) is 3. The van der Waals surface area contributed by atoms with Crippen molar-refractivity contribution >= 4 is 23.1 Å². The molecule has 0 bridgehead atoms. The predicted octanol–water partition coefficient (Wildman–Crippen LogP) is 5.32. The molecule has 0 aliphatic rings. The number of alkyl halides is 3. The van der Waals surface area contributed by atoms with Crippen molar-refractivity contribution in [3.63, 3.8) is 0 Å². The van der Waals surface area contributed by atoms with Gasteiger partial charge in [0.25, 0.3) is 0 Å². The second-order valence-electron chi connectivity index (χ2n) is 6.18. The van der Waals surface area contributed by atoms with Crippen molar-refractivity contribution in [1.29, 1.82) is 0 Å². The Morgan fingerprint density at radius 1 is 1.07 bits per heavy atom. The third kappa shape index (κ3) is 4.33. The molecule has 146 valence electrons. The Labute approximate surface area is 160 Å². The summed E-state index contributed by atoms with van der Waals surface area (Å²) >= 11 is 0. The smallest absolute Gasteiger partial charge is 0.421 e. The van der Waals surface area contributed by atoms with Gasteiger partial charge in [-0.25, -0.2) is 4.98 Å². The zero-order chi connectivity index (χ0) is 20.3. The van der Waals surface area contributed by atoms with Gasteiger partial charge in [0.05, 0.1) is 7.11 Å². The van der Waals surface area contributed by atoms with E-state index in [9.17, 15) is 13.2 Å². The number of ether oxygens (including phenoxy) is 1. The number of aromatic nitrogens is 2. The highest BCUT2D eigenvalue weighted by Gasteiger charge is 2.35. The summed E-state index contributed by atoms with van der Waals surface area (Å²) < 4.78 is 45.3. The van der Waals surface area contributed by atoms with E-state index in [0.717, 1.165) is 17.4 Å². The highest BCUT2D eigenvalue weighted by molar-refractivity contribution is 5.64. The van der Waals surface area contributed by atoms with Crippen LogP contribution in [0.4, 0.5) is 36.3 Å². The van der Waals surface area contributed by atoms with Crippen molar-refractivity contribution < 1.29 is 17.9 Å². The van der Waals surface area contributed by atoms with Crippen LogP contribution in [0.25, 0.3) is 0 Å². The van der Waals surface area contributed by atoms with Crippen LogP contribution < -0.4 is 15.0 Å². The van der Waals surface area contributed by atoms with E-state index in [4.69, 9.17) is 4.74 Å². The van der Waals surface area contributed by atoms with Gasteiger partial charge in [0.2, 0.25) is 5.95 Å². The van der Waals surface area contributed by atoms with E-state index in [0.29, 0.717) is 11.4 Å². The summed E-state index contributed by atoms with van der Waals surface area (Å²) in [4.78, 5) is 9.68. The lowest BCUT2D eigenvalue weighted by Gasteiger charge is -2.20. The number of benzene rings is 2. The molecule has 0 aliphatic heterocycles. The topological polar surface area (TPSA) is 50.3 Å². The second kappa shape index (κ2) is 7.75. The number of hydrogen-bond donors (Lipinski definition) is 1. The van der Waals surface area contributed by atoms with Crippen LogP contribution in [0.2, 0.25) is 0 Å². The Kier molecular flexibility index (Phi) is 5.39. The van der Waals surface area contributed by atoms with Gasteiger partial charge < -0.3 is 15.0 Å². The number of methoxy groups -OCH3 is 1. The number of aryl methyl sites for hydroxylation is 1. The maximum absolute atomic E-state index is 13.4. The number of rotatable bonds is 5. The summed E-state index contributed by atoms with van der Waals surface area (Å²) in [6.45, 7) is 1.93. The quantitative estimate of drug-likeness (QED) is 0.641. The Morgan fingerprint density at radius 2 is 1.79 bits per heavy atom. The van der Waals surface area contributed by atoms with Gasteiger partial charge in [-0.1, -0.05) is 12.1 Å². The van der Waals surface area contributed by atoms with Crippen LogP contribution in [-0.4, -0.2) is 24.1 Å². The van der Waals surface area contributed by atoms with Gasteiger partial charge in [-0.15, -0.1) is 0 Å². The fraction of sp³-hybridized carbons (Fsp3) is 0.200. The van der Waals surface area contributed by atoms with E-state index in [1.807, 2.05) is 31.2 Å². The summed E-state index contributed by atoms with van der Waals surface area (Å²) in [5.74, 6) is 0.431. The molecule has 1 heterocycles. The summed E-state index contributed by atoms with van der Waals surface area (Å²) in [6.07, 6.45) is -3.80. The van der Waals surface area contributed by atoms with Crippen LogP contribution in [0.3, 0.4) is 0 Å². The molecule has 2 aromatic carbocycles. The molecule has 0 amide bonds. The van der Waals surface area contributed by atoms with Gasteiger partial charge in [-0.2, -0.15) is 18.2 Å². The monoisotopic (exact) mass is 388 g/mol. The summed E-state index contributed by atoms with van der Waals surface area (Å²) in [7, 11) is 3.22. The highest BCUT2D eigenvalue weighted by Crippen LogP contribution is 2.36. The first-order valence-corrected chi connectivity index (χ1v) is 8.43. The van der Waals surface area contributed by atoms with E-state index >= 15 is 0 Å². The second-order valence-corrected chi connectivity index (χ2v) is 6.18. The van der Waals surface area contributed by atoms with Gasteiger partial charge in [-0.05, 0) is 48.9 Å². The lowest BCUT2D eigenvalue weighted by molar-refractivity contribution is -0.137. The molecular formula is C20H19F3N4O. The Bertz CT molecular complexity index is 958. The Balaban J connectivity index is 1.99. The van der Waals surface area contributed by atoms with Crippen molar-refractivity contribution in [3.05, 3.63) is 65.9 Å². The average Bonchev–Trinajstić information content (AvgIpc) is 2.67. The lowest BCUT2D eigenvalue weighted by atomic mass is 10.2. The zero-order valence-corrected chi connectivity index (χ0v) is 15.6. The van der Waals surface area contributed by atoms with E-state index in [2.05, 4.69) is 15.3 Å². The van der Waals surface area contributed by atoms with Crippen molar-refractivity contribution in [2.45, 2.75) is 13.1 Å². The number of nitrogens with one attached hydrogen (secondary N) is 1. The van der Waals surface area contributed by atoms with Crippen molar-refractivity contribution in [1.82, 2.24) is 9.97 Å². The highest BCUT2D eigenvalue weighted by atomic mass is 19.4. The number of hydrogen-bond acceptors (Lipinski definition) is 5. The molecular weight excluding hydrogens is 369 g/mol. The van der Waals surface area contributed by atoms with Crippen LogP contribution >= 0.6 is 0 Å². The SMILES string of the molecule is COc1ccc(Nc2nc(N(C)c3cccc(C)c3)ncc2C(F)(F)F)cc1. The molecule has 0 radical (unpaired) electrons. The van der Waals surface area contributed by atoms with Crippen LogP contribution in [0, 0.1) is 6.92 Å². The molecule has 0 atom stereocenters. The summed E-state index contributed by atoms with van der Waals surface area (Å²) in [5, 5.41) is 2.74. The van der Waals surface area contributed by atoms with Crippen LogP contribution in [0.5, 0.6) is 5.75 Å². The molecule has 28 heavy (non-hydrogen) atoms. The average molecular weight is 388 g/mol. The number of anilines is 4. The maximum Gasteiger partial charge on any atom is 0.421 e. The molecule has 0 aliphatic carbocycles. The maximum atomic E-state index is 13.4. The molecule has 0 spiro atoms. The molecule has 5 nitrogen and oxygen atoms in total. The van der Waals surface area contributed by atoms with Crippen LogP contribution in [-0.2, 0) is 6.18 Å². The predicted molar refractivity (Wildman–Crippen MR) is 103 cm³/mol. The fourth-order valence-corrected chi connectivity index (χ4v) is 2.60. The third-order valence-electron chi connectivity index (χ3n) is 4.12. The first kappa shape index (κ1) is 19.5. The minimum absolute atomic E-state index is 0.148. The van der Waals surface area contributed by atoms with Crippen molar-refractivity contribution in [3.8, 4) is 5.75 Å².